The largest absolute Gasteiger partial charge is 0.386 e. The number of aliphatic hydroxyl groups excluding tert-OH is 1. The number of hydrogen-bond donors (Lipinski definition) is 1. The van der Waals surface area contributed by atoms with Crippen LogP contribution < -0.4 is 0 Å². The molecule has 0 saturated heterocycles. The lowest BCUT2D eigenvalue weighted by Crippen LogP contribution is -2.52. The fraction of sp³-hybridized carbons (Fsp3) is 0.625. The molecule has 1 fully saturated rings. The fourth-order valence-electron chi connectivity index (χ4n) is 3.51. The molecule has 1 aliphatic rings. The maximum atomic E-state index is 13.4. The molecule has 0 aromatic heterocycles. The molecular weight excluding hydrogens is 260 g/mol. The average molecular weight is 283 g/mol. The fourth-order valence-corrected chi connectivity index (χ4v) is 3.51. The third kappa shape index (κ3) is 2.86. The summed E-state index contributed by atoms with van der Waals surface area (Å²) < 4.78 is 26.8. The van der Waals surface area contributed by atoms with E-state index in [9.17, 15) is 13.9 Å². The molecule has 2 rings (SSSR count). The summed E-state index contributed by atoms with van der Waals surface area (Å²) >= 11 is 0. The van der Waals surface area contributed by atoms with E-state index in [2.05, 4.69) is 6.92 Å². The topological polar surface area (TPSA) is 23.5 Å². The average Bonchev–Trinajstić information content (AvgIpc) is 2.36. The minimum absolute atomic E-state index is 0.324. The van der Waals surface area contributed by atoms with E-state index in [0.29, 0.717) is 11.5 Å². The second kappa shape index (κ2) is 5.78. The van der Waals surface area contributed by atoms with Crippen molar-refractivity contribution in [1.82, 2.24) is 4.90 Å². The van der Waals surface area contributed by atoms with Crippen molar-refractivity contribution in [2.45, 2.75) is 44.2 Å². The van der Waals surface area contributed by atoms with E-state index in [1.54, 1.807) is 0 Å². The first-order chi connectivity index (χ1) is 9.35. The molecule has 112 valence electrons. The second-order valence-corrected chi connectivity index (χ2v) is 6.30. The molecule has 0 heterocycles. The van der Waals surface area contributed by atoms with E-state index in [0.717, 1.165) is 31.7 Å². The minimum Gasteiger partial charge on any atom is -0.386 e. The van der Waals surface area contributed by atoms with Crippen molar-refractivity contribution in [3.05, 3.63) is 35.4 Å². The van der Waals surface area contributed by atoms with Gasteiger partial charge in [-0.25, -0.2) is 8.78 Å². The van der Waals surface area contributed by atoms with Crippen molar-refractivity contribution < 1.29 is 13.9 Å². The predicted octanol–water partition coefficient (Wildman–Crippen LogP) is 3.51. The van der Waals surface area contributed by atoms with E-state index < -0.39 is 23.3 Å². The van der Waals surface area contributed by atoms with Crippen LogP contribution in [0.2, 0.25) is 0 Å². The number of benzene rings is 1. The molecule has 4 heteroatoms. The van der Waals surface area contributed by atoms with Crippen molar-refractivity contribution in [3.63, 3.8) is 0 Å². The molecule has 1 aromatic rings. The van der Waals surface area contributed by atoms with Crippen molar-refractivity contribution >= 4 is 0 Å². The molecule has 0 radical (unpaired) electrons. The van der Waals surface area contributed by atoms with Crippen LogP contribution in [-0.2, 0) is 0 Å². The lowest BCUT2D eigenvalue weighted by Gasteiger charge is -2.48. The summed E-state index contributed by atoms with van der Waals surface area (Å²) in [6.45, 7) is 2.16. The van der Waals surface area contributed by atoms with Gasteiger partial charge in [0, 0.05) is 6.07 Å². The molecule has 0 bridgehead atoms. The zero-order chi connectivity index (χ0) is 14.9. The Kier molecular flexibility index (Phi) is 4.45. The van der Waals surface area contributed by atoms with E-state index in [1.165, 1.54) is 12.1 Å². The summed E-state index contributed by atoms with van der Waals surface area (Å²) in [4.78, 5) is 2.01. The third-order valence-corrected chi connectivity index (χ3v) is 4.61. The molecule has 0 aliphatic heterocycles. The first-order valence-electron chi connectivity index (χ1n) is 7.16. The van der Waals surface area contributed by atoms with Crippen molar-refractivity contribution in [1.29, 1.82) is 0 Å². The van der Waals surface area contributed by atoms with E-state index in [1.807, 2.05) is 19.0 Å². The van der Waals surface area contributed by atoms with Crippen molar-refractivity contribution in [3.8, 4) is 0 Å². The normalized spacial score (nSPS) is 28.6. The Labute approximate surface area is 119 Å². The van der Waals surface area contributed by atoms with E-state index in [-0.39, 0.29) is 0 Å². The number of rotatable bonds is 3. The zero-order valence-corrected chi connectivity index (χ0v) is 12.4. The van der Waals surface area contributed by atoms with Gasteiger partial charge in [-0.05, 0) is 50.6 Å². The SMILES string of the molecule is CC1CCCC(C(O)c2cc(F)cc(F)c2)(N(C)C)C1. The van der Waals surface area contributed by atoms with Gasteiger partial charge in [0.15, 0.2) is 0 Å². The summed E-state index contributed by atoms with van der Waals surface area (Å²) in [5.41, 5.74) is -0.122. The lowest BCUT2D eigenvalue weighted by molar-refractivity contribution is -0.0453. The molecule has 3 atom stereocenters. The van der Waals surface area contributed by atoms with Gasteiger partial charge in [0.25, 0.3) is 0 Å². The predicted molar refractivity (Wildman–Crippen MR) is 75.4 cm³/mol. The number of hydrogen-bond acceptors (Lipinski definition) is 2. The van der Waals surface area contributed by atoms with Crippen LogP contribution >= 0.6 is 0 Å². The van der Waals surface area contributed by atoms with Crippen LogP contribution in [0.4, 0.5) is 8.78 Å². The van der Waals surface area contributed by atoms with Gasteiger partial charge in [-0.2, -0.15) is 0 Å². The highest BCUT2D eigenvalue weighted by molar-refractivity contribution is 5.24. The smallest absolute Gasteiger partial charge is 0.126 e. The Hall–Kier alpha value is -1.00. The highest BCUT2D eigenvalue weighted by Gasteiger charge is 2.43. The molecule has 1 saturated carbocycles. The van der Waals surface area contributed by atoms with Gasteiger partial charge in [0.2, 0.25) is 0 Å². The highest BCUT2D eigenvalue weighted by atomic mass is 19.1. The van der Waals surface area contributed by atoms with Crippen LogP contribution in [0.15, 0.2) is 18.2 Å². The standard InChI is InChI=1S/C16H23F2NO/c1-11-5-4-6-16(10-11,19(2)3)15(20)12-7-13(17)9-14(18)8-12/h7-9,11,15,20H,4-6,10H2,1-3H3. The van der Waals surface area contributed by atoms with E-state index >= 15 is 0 Å². The van der Waals surface area contributed by atoms with Crippen molar-refractivity contribution in [2.24, 2.45) is 5.92 Å². The van der Waals surface area contributed by atoms with Gasteiger partial charge in [-0.3, -0.25) is 0 Å². The number of likely N-dealkylation sites (N-methyl/N-ethyl adjacent to an activating group) is 1. The Morgan fingerprint density at radius 1 is 1.25 bits per heavy atom. The maximum absolute atomic E-state index is 13.4. The molecular formula is C16H23F2NO. The number of aliphatic hydroxyl groups is 1. The molecule has 1 aliphatic carbocycles. The first kappa shape index (κ1) is 15.4. The maximum Gasteiger partial charge on any atom is 0.126 e. The molecule has 1 aromatic carbocycles. The van der Waals surface area contributed by atoms with Gasteiger partial charge in [0.05, 0.1) is 11.6 Å². The molecule has 3 unspecified atom stereocenters. The van der Waals surface area contributed by atoms with Crippen LogP contribution in [0, 0.1) is 17.6 Å². The van der Waals surface area contributed by atoms with Crippen molar-refractivity contribution in [2.75, 3.05) is 14.1 Å². The molecule has 0 amide bonds. The number of nitrogens with zero attached hydrogens (tertiary/aromatic N) is 1. The molecule has 1 N–H and O–H groups in total. The van der Waals surface area contributed by atoms with Gasteiger partial charge in [-0.1, -0.05) is 19.8 Å². The van der Waals surface area contributed by atoms with E-state index in [4.69, 9.17) is 0 Å². The molecule has 20 heavy (non-hydrogen) atoms. The van der Waals surface area contributed by atoms with Gasteiger partial charge in [0.1, 0.15) is 11.6 Å². The van der Waals surface area contributed by atoms with Crippen LogP contribution in [-0.4, -0.2) is 29.6 Å². The van der Waals surface area contributed by atoms with Crippen LogP contribution in [0.25, 0.3) is 0 Å². The van der Waals surface area contributed by atoms with Gasteiger partial charge < -0.3 is 10.0 Å². The highest BCUT2D eigenvalue weighted by Crippen LogP contribution is 2.44. The van der Waals surface area contributed by atoms with Gasteiger partial charge in [-0.15, -0.1) is 0 Å². The summed E-state index contributed by atoms with van der Waals surface area (Å²) in [6, 6.07) is 3.30. The van der Waals surface area contributed by atoms with Crippen LogP contribution in [0.3, 0.4) is 0 Å². The summed E-state index contributed by atoms with van der Waals surface area (Å²) in [5, 5.41) is 10.8. The Bertz CT molecular complexity index is 457. The first-order valence-corrected chi connectivity index (χ1v) is 7.16. The second-order valence-electron chi connectivity index (χ2n) is 6.30. The van der Waals surface area contributed by atoms with Gasteiger partial charge >= 0.3 is 0 Å². The Morgan fingerprint density at radius 2 is 1.85 bits per heavy atom. The summed E-state index contributed by atoms with van der Waals surface area (Å²) in [6.07, 6.45) is 2.95. The van der Waals surface area contributed by atoms with Crippen LogP contribution in [0.5, 0.6) is 0 Å². The zero-order valence-electron chi connectivity index (χ0n) is 12.4. The number of halogens is 2. The summed E-state index contributed by atoms with van der Waals surface area (Å²) in [5.74, 6) is -0.784. The Balaban J connectivity index is 2.38. The van der Waals surface area contributed by atoms with Crippen LogP contribution in [0.1, 0.15) is 44.3 Å². The molecule has 0 spiro atoms. The molecule has 2 nitrogen and oxygen atoms in total. The lowest BCUT2D eigenvalue weighted by atomic mass is 9.71. The quantitative estimate of drug-likeness (QED) is 0.917. The summed E-state index contributed by atoms with van der Waals surface area (Å²) in [7, 11) is 3.85. The third-order valence-electron chi connectivity index (χ3n) is 4.61. The minimum atomic E-state index is -0.884. The Morgan fingerprint density at radius 3 is 2.35 bits per heavy atom. The monoisotopic (exact) mass is 283 g/mol.